The molecule has 1 unspecified atom stereocenters. The Balaban J connectivity index is 2.73. The second-order valence-electron chi connectivity index (χ2n) is 3.40. The number of benzene rings is 1. The summed E-state index contributed by atoms with van der Waals surface area (Å²) in [5.41, 5.74) is 1.02. The first-order chi connectivity index (χ1) is 7.15. The normalized spacial score (nSPS) is 11.9. The van der Waals surface area contributed by atoms with Crippen LogP contribution in [0.2, 0.25) is 0 Å². The predicted octanol–water partition coefficient (Wildman–Crippen LogP) is 1.84. The minimum absolute atomic E-state index is 0.0809. The summed E-state index contributed by atoms with van der Waals surface area (Å²) in [5, 5.41) is 2.69. The maximum absolute atomic E-state index is 11.2. The van der Waals surface area contributed by atoms with Crippen molar-refractivity contribution in [3.05, 3.63) is 35.9 Å². The molecule has 1 amide bonds. The van der Waals surface area contributed by atoms with Gasteiger partial charge in [0.2, 0.25) is 5.78 Å². The summed E-state index contributed by atoms with van der Waals surface area (Å²) >= 11 is 0. The van der Waals surface area contributed by atoms with Crippen molar-refractivity contribution in [2.45, 2.75) is 26.3 Å². The standard InChI is InChI=1S/C12H15NO2/c1-3-11(13-12(15)9(2)14)10-7-5-4-6-8-10/h4-8,11H,3H2,1-2H3,(H,13,15). The van der Waals surface area contributed by atoms with Gasteiger partial charge in [-0.2, -0.15) is 0 Å². The average Bonchev–Trinajstić information content (AvgIpc) is 2.26. The second-order valence-corrected chi connectivity index (χ2v) is 3.40. The monoisotopic (exact) mass is 205 g/mol. The summed E-state index contributed by atoms with van der Waals surface area (Å²) in [5.74, 6) is -0.977. The first-order valence-electron chi connectivity index (χ1n) is 5.01. The summed E-state index contributed by atoms with van der Waals surface area (Å²) in [6, 6.07) is 9.55. The van der Waals surface area contributed by atoms with Crippen LogP contribution in [0.15, 0.2) is 30.3 Å². The Kier molecular flexibility index (Phi) is 4.03. The lowest BCUT2D eigenvalue weighted by Crippen LogP contribution is -2.32. The number of nitrogens with one attached hydrogen (secondary N) is 1. The molecule has 1 atom stereocenters. The molecule has 0 spiro atoms. The van der Waals surface area contributed by atoms with Gasteiger partial charge in [0.1, 0.15) is 0 Å². The van der Waals surface area contributed by atoms with E-state index in [0.717, 1.165) is 12.0 Å². The number of rotatable bonds is 4. The van der Waals surface area contributed by atoms with E-state index in [4.69, 9.17) is 0 Å². The third-order valence-electron chi connectivity index (χ3n) is 2.24. The summed E-state index contributed by atoms with van der Waals surface area (Å²) in [6.45, 7) is 3.24. The molecule has 0 fully saturated rings. The van der Waals surface area contributed by atoms with Crippen LogP contribution in [-0.4, -0.2) is 11.7 Å². The molecule has 80 valence electrons. The zero-order chi connectivity index (χ0) is 11.3. The van der Waals surface area contributed by atoms with Gasteiger partial charge in [-0.1, -0.05) is 37.3 Å². The van der Waals surface area contributed by atoms with Gasteiger partial charge < -0.3 is 5.32 Å². The number of hydrogen-bond donors (Lipinski definition) is 1. The van der Waals surface area contributed by atoms with Gasteiger partial charge in [-0.3, -0.25) is 9.59 Å². The lowest BCUT2D eigenvalue weighted by molar-refractivity contribution is -0.137. The topological polar surface area (TPSA) is 46.2 Å². The van der Waals surface area contributed by atoms with Crippen LogP contribution >= 0.6 is 0 Å². The maximum atomic E-state index is 11.2. The predicted molar refractivity (Wildman–Crippen MR) is 58.3 cm³/mol. The van der Waals surface area contributed by atoms with Crippen molar-refractivity contribution >= 4 is 11.7 Å². The van der Waals surface area contributed by atoms with Gasteiger partial charge in [-0.25, -0.2) is 0 Å². The van der Waals surface area contributed by atoms with Crippen LogP contribution in [0.3, 0.4) is 0 Å². The van der Waals surface area contributed by atoms with Crippen LogP contribution in [0.1, 0.15) is 31.9 Å². The molecule has 0 saturated carbocycles. The highest BCUT2D eigenvalue weighted by atomic mass is 16.2. The van der Waals surface area contributed by atoms with Crippen molar-refractivity contribution in [1.82, 2.24) is 5.32 Å². The Morgan fingerprint density at radius 1 is 1.27 bits per heavy atom. The van der Waals surface area contributed by atoms with Crippen molar-refractivity contribution in [3.63, 3.8) is 0 Å². The number of amides is 1. The highest BCUT2D eigenvalue weighted by Crippen LogP contribution is 2.15. The lowest BCUT2D eigenvalue weighted by atomic mass is 10.0. The van der Waals surface area contributed by atoms with E-state index < -0.39 is 11.7 Å². The van der Waals surface area contributed by atoms with Crippen LogP contribution in [0.5, 0.6) is 0 Å². The molecule has 0 aromatic heterocycles. The first kappa shape index (κ1) is 11.4. The number of carbonyl (C=O) groups is 2. The number of Topliss-reactive ketones (excluding diaryl/α,β-unsaturated/α-hetero) is 1. The summed E-state index contributed by atoms with van der Waals surface area (Å²) in [4.78, 5) is 22.0. The molecule has 0 heterocycles. The molecule has 0 aliphatic rings. The van der Waals surface area contributed by atoms with E-state index in [1.54, 1.807) is 0 Å². The maximum Gasteiger partial charge on any atom is 0.287 e. The molecule has 0 aliphatic carbocycles. The molecule has 1 N–H and O–H groups in total. The van der Waals surface area contributed by atoms with E-state index in [0.29, 0.717) is 0 Å². The Bertz CT molecular complexity index is 346. The minimum Gasteiger partial charge on any atom is -0.343 e. The zero-order valence-corrected chi connectivity index (χ0v) is 8.99. The van der Waals surface area contributed by atoms with Crippen LogP contribution in [0.25, 0.3) is 0 Å². The molecular formula is C12H15NO2. The zero-order valence-electron chi connectivity index (χ0n) is 8.99. The second kappa shape index (κ2) is 5.29. The Morgan fingerprint density at radius 3 is 2.33 bits per heavy atom. The fraction of sp³-hybridized carbons (Fsp3) is 0.333. The van der Waals surface area contributed by atoms with Gasteiger partial charge in [0, 0.05) is 6.92 Å². The molecule has 0 radical (unpaired) electrons. The molecule has 3 heteroatoms. The number of hydrogen-bond acceptors (Lipinski definition) is 2. The first-order valence-corrected chi connectivity index (χ1v) is 5.01. The van der Waals surface area contributed by atoms with Crippen molar-refractivity contribution in [2.24, 2.45) is 0 Å². The molecule has 15 heavy (non-hydrogen) atoms. The van der Waals surface area contributed by atoms with Crippen molar-refractivity contribution < 1.29 is 9.59 Å². The lowest BCUT2D eigenvalue weighted by Gasteiger charge is -2.16. The van der Waals surface area contributed by atoms with E-state index in [1.807, 2.05) is 37.3 Å². The van der Waals surface area contributed by atoms with Crippen molar-refractivity contribution in [1.29, 1.82) is 0 Å². The average molecular weight is 205 g/mol. The molecule has 0 aliphatic heterocycles. The van der Waals surface area contributed by atoms with E-state index >= 15 is 0 Å². The number of carbonyl (C=O) groups excluding carboxylic acids is 2. The Hall–Kier alpha value is -1.64. The smallest absolute Gasteiger partial charge is 0.287 e. The van der Waals surface area contributed by atoms with Gasteiger partial charge >= 0.3 is 0 Å². The van der Waals surface area contributed by atoms with Gasteiger partial charge in [-0.15, -0.1) is 0 Å². The van der Waals surface area contributed by atoms with E-state index in [1.165, 1.54) is 6.92 Å². The molecule has 0 bridgehead atoms. The third-order valence-corrected chi connectivity index (χ3v) is 2.24. The fourth-order valence-corrected chi connectivity index (χ4v) is 1.37. The van der Waals surface area contributed by atoms with Crippen LogP contribution < -0.4 is 5.32 Å². The molecular weight excluding hydrogens is 190 g/mol. The summed E-state index contributed by atoms with van der Waals surface area (Å²) in [7, 11) is 0. The third kappa shape index (κ3) is 3.20. The SMILES string of the molecule is CCC(NC(=O)C(C)=O)c1ccccc1. The van der Waals surface area contributed by atoms with Crippen molar-refractivity contribution in [3.8, 4) is 0 Å². The van der Waals surface area contributed by atoms with Crippen LogP contribution in [-0.2, 0) is 9.59 Å². The van der Waals surface area contributed by atoms with Gasteiger partial charge in [0.15, 0.2) is 0 Å². The minimum atomic E-state index is -0.522. The molecule has 0 saturated heterocycles. The highest BCUT2D eigenvalue weighted by molar-refractivity contribution is 6.35. The van der Waals surface area contributed by atoms with Gasteiger partial charge in [0.05, 0.1) is 6.04 Å². The van der Waals surface area contributed by atoms with E-state index in [9.17, 15) is 9.59 Å². The van der Waals surface area contributed by atoms with E-state index in [-0.39, 0.29) is 6.04 Å². The molecule has 1 rings (SSSR count). The van der Waals surface area contributed by atoms with Crippen LogP contribution in [0, 0.1) is 0 Å². The fourth-order valence-electron chi connectivity index (χ4n) is 1.37. The summed E-state index contributed by atoms with van der Waals surface area (Å²) in [6.07, 6.45) is 0.767. The van der Waals surface area contributed by atoms with Crippen LogP contribution in [0.4, 0.5) is 0 Å². The molecule has 1 aromatic carbocycles. The van der Waals surface area contributed by atoms with Gasteiger partial charge in [0.25, 0.3) is 5.91 Å². The quantitative estimate of drug-likeness (QED) is 0.762. The summed E-state index contributed by atoms with van der Waals surface area (Å²) < 4.78 is 0. The Morgan fingerprint density at radius 2 is 1.87 bits per heavy atom. The van der Waals surface area contributed by atoms with E-state index in [2.05, 4.69) is 5.32 Å². The van der Waals surface area contributed by atoms with Crippen molar-refractivity contribution in [2.75, 3.05) is 0 Å². The largest absolute Gasteiger partial charge is 0.343 e. The molecule has 1 aromatic rings. The highest BCUT2D eigenvalue weighted by Gasteiger charge is 2.14. The Labute approximate surface area is 89.5 Å². The van der Waals surface area contributed by atoms with Gasteiger partial charge in [-0.05, 0) is 12.0 Å². The number of ketones is 1. The molecule has 3 nitrogen and oxygen atoms in total.